The maximum Gasteiger partial charge on any atom is 0.131 e. The Morgan fingerprint density at radius 1 is 0.600 bits per heavy atom. The average molecular weight is 398 g/mol. The van der Waals surface area contributed by atoms with Gasteiger partial charge in [-0.1, -0.05) is 66.2 Å². The fraction of sp³-hybridized carbons (Fsp3) is 0.143. The van der Waals surface area contributed by atoms with Crippen LogP contribution in [-0.4, -0.2) is 0 Å². The summed E-state index contributed by atoms with van der Waals surface area (Å²) in [7, 11) is 0. The van der Waals surface area contributed by atoms with Crippen LogP contribution in [0.2, 0.25) is 0 Å². The predicted octanol–water partition coefficient (Wildman–Crippen LogP) is 7.81. The third kappa shape index (κ3) is 4.04. The van der Waals surface area contributed by atoms with Gasteiger partial charge < -0.3 is 0 Å². The van der Waals surface area contributed by atoms with Gasteiger partial charge in [0.15, 0.2) is 0 Å². The molecule has 150 valence electrons. The molecule has 0 aliphatic rings. The molecule has 0 saturated carbocycles. The highest BCUT2D eigenvalue weighted by atomic mass is 19.1. The largest absolute Gasteiger partial charge is 0.207 e. The van der Waals surface area contributed by atoms with Crippen molar-refractivity contribution in [2.75, 3.05) is 0 Å². The molecule has 4 aromatic rings. The van der Waals surface area contributed by atoms with Gasteiger partial charge in [0.25, 0.3) is 0 Å². The monoisotopic (exact) mass is 398 g/mol. The van der Waals surface area contributed by atoms with Crippen LogP contribution in [0.1, 0.15) is 27.8 Å². The van der Waals surface area contributed by atoms with E-state index in [1.165, 1.54) is 29.3 Å². The molecule has 0 aliphatic heterocycles. The number of halogens is 2. The summed E-state index contributed by atoms with van der Waals surface area (Å²) in [4.78, 5) is 0. The molecule has 0 atom stereocenters. The van der Waals surface area contributed by atoms with Gasteiger partial charge in [0.1, 0.15) is 11.6 Å². The minimum Gasteiger partial charge on any atom is -0.207 e. The van der Waals surface area contributed by atoms with E-state index < -0.39 is 0 Å². The van der Waals surface area contributed by atoms with Crippen LogP contribution in [0.5, 0.6) is 0 Å². The normalized spacial score (nSPS) is 11.0. The van der Waals surface area contributed by atoms with Gasteiger partial charge in [-0.15, -0.1) is 0 Å². The van der Waals surface area contributed by atoms with E-state index in [9.17, 15) is 8.78 Å². The highest BCUT2D eigenvalue weighted by molar-refractivity contribution is 5.71. The third-order valence-electron chi connectivity index (χ3n) is 5.64. The van der Waals surface area contributed by atoms with Gasteiger partial charge in [-0.25, -0.2) is 8.78 Å². The second-order valence-electron chi connectivity index (χ2n) is 7.92. The number of benzene rings is 4. The lowest BCUT2D eigenvalue weighted by Gasteiger charge is -2.16. The summed E-state index contributed by atoms with van der Waals surface area (Å²) >= 11 is 0. The van der Waals surface area contributed by atoms with Crippen molar-refractivity contribution < 1.29 is 8.78 Å². The maximum absolute atomic E-state index is 14.5. The summed E-state index contributed by atoms with van der Waals surface area (Å²) in [6.45, 7) is 6.24. The summed E-state index contributed by atoms with van der Waals surface area (Å²) in [5, 5.41) is 0. The maximum atomic E-state index is 14.5. The van der Waals surface area contributed by atoms with Crippen molar-refractivity contribution in [3.63, 3.8) is 0 Å². The molecule has 0 nitrogen and oxygen atoms in total. The Morgan fingerprint density at radius 2 is 1.33 bits per heavy atom. The molecule has 0 heterocycles. The first-order valence-corrected chi connectivity index (χ1v) is 10.1. The molecule has 0 aliphatic carbocycles. The van der Waals surface area contributed by atoms with E-state index in [0.29, 0.717) is 12.0 Å². The molecule has 0 bridgehead atoms. The first kappa shape index (κ1) is 20.0. The molecule has 4 rings (SSSR count). The summed E-state index contributed by atoms with van der Waals surface area (Å²) < 4.78 is 27.9. The Labute approximate surface area is 176 Å². The van der Waals surface area contributed by atoms with E-state index in [-0.39, 0.29) is 11.6 Å². The second kappa shape index (κ2) is 8.23. The number of aryl methyl sites for hydroxylation is 3. The van der Waals surface area contributed by atoms with Crippen LogP contribution < -0.4 is 0 Å². The van der Waals surface area contributed by atoms with Crippen molar-refractivity contribution in [2.24, 2.45) is 0 Å². The van der Waals surface area contributed by atoms with Crippen molar-refractivity contribution in [1.29, 1.82) is 0 Å². The van der Waals surface area contributed by atoms with Crippen molar-refractivity contribution in [3.8, 4) is 22.3 Å². The Balaban J connectivity index is 1.80. The van der Waals surface area contributed by atoms with Crippen LogP contribution in [0.4, 0.5) is 8.78 Å². The molecule has 0 N–H and O–H groups in total. The first-order chi connectivity index (χ1) is 14.4. The Morgan fingerprint density at radius 3 is 2.07 bits per heavy atom. The zero-order valence-corrected chi connectivity index (χ0v) is 17.5. The number of hydrogen-bond donors (Lipinski definition) is 0. The summed E-state index contributed by atoms with van der Waals surface area (Å²) in [5.41, 5.74) is 9.40. The summed E-state index contributed by atoms with van der Waals surface area (Å²) in [6.07, 6.45) is 0.700. The molecule has 4 aromatic carbocycles. The second-order valence-corrected chi connectivity index (χ2v) is 7.92. The minimum absolute atomic E-state index is 0.213. The van der Waals surface area contributed by atoms with Crippen LogP contribution in [0.3, 0.4) is 0 Å². The van der Waals surface area contributed by atoms with Crippen LogP contribution in [0.25, 0.3) is 22.3 Å². The average Bonchev–Trinajstić information content (AvgIpc) is 2.72. The van der Waals surface area contributed by atoms with E-state index in [4.69, 9.17) is 0 Å². The van der Waals surface area contributed by atoms with Crippen LogP contribution in [0.15, 0.2) is 78.9 Å². The van der Waals surface area contributed by atoms with Gasteiger partial charge in [0.2, 0.25) is 0 Å². The Bertz CT molecular complexity index is 1200. The van der Waals surface area contributed by atoms with Crippen molar-refractivity contribution in [1.82, 2.24) is 0 Å². The lowest BCUT2D eigenvalue weighted by atomic mass is 9.89. The van der Waals surface area contributed by atoms with Crippen molar-refractivity contribution in [2.45, 2.75) is 27.2 Å². The molecule has 0 unspecified atom stereocenters. The predicted molar refractivity (Wildman–Crippen MR) is 121 cm³/mol. The van der Waals surface area contributed by atoms with Crippen molar-refractivity contribution in [3.05, 3.63) is 118 Å². The molecule has 2 heteroatoms. The van der Waals surface area contributed by atoms with Crippen molar-refractivity contribution >= 4 is 0 Å². The standard InChI is InChI=1S/C28H24F2/c1-18-8-13-25(26-6-4-5-7-28(26)30)23(14-18)16-22-17-27(20(3)15-19(22)2)21-9-11-24(29)12-10-21/h4-15,17H,16H2,1-3H3. The SMILES string of the molecule is Cc1ccc(-c2ccccc2F)c(Cc2cc(-c3ccc(F)cc3)c(C)cc2C)c1. The van der Waals surface area contributed by atoms with E-state index in [1.54, 1.807) is 6.07 Å². The molecule has 30 heavy (non-hydrogen) atoms. The fourth-order valence-corrected chi connectivity index (χ4v) is 4.04. The lowest BCUT2D eigenvalue weighted by Crippen LogP contribution is -1.99. The topological polar surface area (TPSA) is 0 Å². The molecule has 0 saturated heterocycles. The molecule has 0 amide bonds. The Kier molecular flexibility index (Phi) is 5.50. The molecule has 0 aromatic heterocycles. The Hall–Kier alpha value is -3.26. The zero-order valence-electron chi connectivity index (χ0n) is 17.5. The molecular formula is C28H24F2. The highest BCUT2D eigenvalue weighted by Gasteiger charge is 2.13. The zero-order chi connectivity index (χ0) is 21.3. The minimum atomic E-state index is -0.238. The smallest absolute Gasteiger partial charge is 0.131 e. The molecule has 0 fully saturated rings. The molecule has 0 spiro atoms. The van der Waals surface area contributed by atoms with Gasteiger partial charge in [-0.2, -0.15) is 0 Å². The van der Waals surface area contributed by atoms with Gasteiger partial charge in [-0.3, -0.25) is 0 Å². The van der Waals surface area contributed by atoms with E-state index >= 15 is 0 Å². The fourth-order valence-electron chi connectivity index (χ4n) is 4.04. The lowest BCUT2D eigenvalue weighted by molar-refractivity contribution is 0.628. The van der Waals surface area contributed by atoms with Crippen LogP contribution >= 0.6 is 0 Å². The van der Waals surface area contributed by atoms with Gasteiger partial charge in [-0.05, 0) is 84.3 Å². The van der Waals surface area contributed by atoms with Gasteiger partial charge in [0, 0.05) is 5.56 Å². The van der Waals surface area contributed by atoms with Gasteiger partial charge in [0.05, 0.1) is 0 Å². The highest BCUT2D eigenvalue weighted by Crippen LogP contribution is 2.32. The summed E-state index contributed by atoms with van der Waals surface area (Å²) in [6, 6.07) is 24.1. The van der Waals surface area contributed by atoms with E-state index in [0.717, 1.165) is 33.4 Å². The van der Waals surface area contributed by atoms with Crippen LogP contribution in [-0.2, 0) is 6.42 Å². The summed E-state index contributed by atoms with van der Waals surface area (Å²) in [5.74, 6) is -0.451. The quantitative estimate of drug-likeness (QED) is 0.329. The third-order valence-corrected chi connectivity index (χ3v) is 5.64. The van der Waals surface area contributed by atoms with E-state index in [1.807, 2.05) is 36.4 Å². The number of rotatable bonds is 4. The van der Waals surface area contributed by atoms with Crippen LogP contribution in [0, 0.1) is 32.4 Å². The molecule has 0 radical (unpaired) electrons. The van der Waals surface area contributed by atoms with E-state index in [2.05, 4.69) is 39.0 Å². The first-order valence-electron chi connectivity index (χ1n) is 10.1. The van der Waals surface area contributed by atoms with Gasteiger partial charge >= 0.3 is 0 Å². The molecular weight excluding hydrogens is 374 g/mol. The number of hydrogen-bond acceptors (Lipinski definition) is 0.